The van der Waals surface area contributed by atoms with E-state index in [0.717, 1.165) is 24.8 Å². The molecule has 1 heterocycles. The van der Waals surface area contributed by atoms with E-state index < -0.39 is 18.1 Å². The predicted molar refractivity (Wildman–Crippen MR) is 119 cm³/mol. The minimum Gasteiger partial charge on any atom is -0.480 e. The van der Waals surface area contributed by atoms with Gasteiger partial charge in [-0.2, -0.15) is 0 Å². The fourth-order valence-electron chi connectivity index (χ4n) is 3.68. The second kappa shape index (κ2) is 10.2. The number of carbonyl (C=O) groups is 2. The molecule has 0 saturated heterocycles. The Morgan fingerprint density at radius 3 is 2.50 bits per heavy atom. The number of nitrogens with two attached hydrogens (primary N) is 1. The van der Waals surface area contributed by atoms with E-state index >= 15 is 0 Å². The van der Waals surface area contributed by atoms with Gasteiger partial charge < -0.3 is 21.5 Å². The van der Waals surface area contributed by atoms with Gasteiger partial charge in [0.05, 0.1) is 12.5 Å². The molecule has 0 fully saturated rings. The largest absolute Gasteiger partial charge is 0.480 e. The van der Waals surface area contributed by atoms with Crippen molar-refractivity contribution < 1.29 is 14.7 Å². The van der Waals surface area contributed by atoms with E-state index in [1.807, 2.05) is 24.3 Å². The number of rotatable bonds is 8. The molecule has 0 radical (unpaired) electrons. The Morgan fingerprint density at radius 1 is 1.13 bits per heavy atom. The third kappa shape index (κ3) is 5.65. The quantitative estimate of drug-likeness (QED) is 0.456. The molecule has 2 atom stereocenters. The zero-order valence-electron chi connectivity index (χ0n) is 16.5. The summed E-state index contributed by atoms with van der Waals surface area (Å²) in [4.78, 5) is 24.2. The standard InChI is InChI=1S/C22H25Cl2N3O3/c23-15-10-16(24)21-17(11-15)26-19(22(29)30)12-18(21)27-20(28)9-14-6-4-13(5-7-14)3-1-2-8-25/h4-7,10-11,18-19,26H,1-3,8-9,12,25H2,(H,27,28)(H,29,30). The summed E-state index contributed by atoms with van der Waals surface area (Å²) in [6.45, 7) is 0.691. The molecule has 30 heavy (non-hydrogen) atoms. The molecule has 2 unspecified atom stereocenters. The van der Waals surface area contributed by atoms with Crippen molar-refractivity contribution in [2.75, 3.05) is 11.9 Å². The fraction of sp³-hybridized carbons (Fsp3) is 0.364. The minimum atomic E-state index is -0.999. The van der Waals surface area contributed by atoms with E-state index in [0.29, 0.717) is 27.8 Å². The summed E-state index contributed by atoms with van der Waals surface area (Å²) in [5, 5.41) is 16.1. The highest BCUT2D eigenvalue weighted by Crippen LogP contribution is 2.39. The topological polar surface area (TPSA) is 104 Å². The summed E-state index contributed by atoms with van der Waals surface area (Å²) < 4.78 is 0. The molecule has 5 N–H and O–H groups in total. The number of halogens is 2. The van der Waals surface area contributed by atoms with Gasteiger partial charge in [-0.25, -0.2) is 4.79 Å². The maximum atomic E-state index is 12.7. The summed E-state index contributed by atoms with van der Waals surface area (Å²) in [5.74, 6) is -1.19. The first-order chi connectivity index (χ1) is 14.4. The number of unbranched alkanes of at least 4 members (excludes halogenated alkanes) is 1. The van der Waals surface area contributed by atoms with E-state index in [4.69, 9.17) is 28.9 Å². The number of nitrogens with one attached hydrogen (secondary N) is 2. The van der Waals surface area contributed by atoms with Gasteiger partial charge in [-0.15, -0.1) is 0 Å². The number of amides is 1. The van der Waals surface area contributed by atoms with Crippen LogP contribution in [0.1, 0.15) is 42.0 Å². The maximum absolute atomic E-state index is 12.7. The van der Waals surface area contributed by atoms with Crippen LogP contribution in [0.5, 0.6) is 0 Å². The van der Waals surface area contributed by atoms with Crippen LogP contribution in [-0.2, 0) is 22.4 Å². The van der Waals surface area contributed by atoms with E-state index in [-0.39, 0.29) is 18.7 Å². The molecule has 2 aromatic rings. The lowest BCUT2D eigenvalue weighted by molar-refractivity contribution is -0.138. The Bertz CT molecular complexity index is 919. The zero-order valence-corrected chi connectivity index (χ0v) is 18.0. The number of carbonyl (C=O) groups excluding carboxylic acids is 1. The molecule has 1 aliphatic rings. The van der Waals surface area contributed by atoms with E-state index in [9.17, 15) is 14.7 Å². The molecule has 0 spiro atoms. The third-order valence-corrected chi connectivity index (χ3v) is 5.72. The van der Waals surface area contributed by atoms with Crippen LogP contribution in [-0.4, -0.2) is 29.6 Å². The second-order valence-corrected chi connectivity index (χ2v) is 8.32. The first kappa shape index (κ1) is 22.4. The highest BCUT2D eigenvalue weighted by Gasteiger charge is 2.33. The average molecular weight is 450 g/mol. The first-order valence-corrected chi connectivity index (χ1v) is 10.7. The number of carboxylic acid groups (broad SMARTS) is 1. The van der Waals surface area contributed by atoms with Gasteiger partial charge in [0.2, 0.25) is 5.91 Å². The Kier molecular flexibility index (Phi) is 7.58. The van der Waals surface area contributed by atoms with Crippen molar-refractivity contribution >= 4 is 40.8 Å². The second-order valence-electron chi connectivity index (χ2n) is 7.48. The van der Waals surface area contributed by atoms with Gasteiger partial charge in [-0.05, 0) is 49.1 Å². The van der Waals surface area contributed by atoms with Crippen LogP contribution in [0, 0.1) is 0 Å². The van der Waals surface area contributed by atoms with Gasteiger partial charge in [0, 0.05) is 27.7 Å². The van der Waals surface area contributed by atoms with Crippen LogP contribution in [0.4, 0.5) is 5.69 Å². The number of carboxylic acids is 1. The smallest absolute Gasteiger partial charge is 0.326 e. The molecule has 1 amide bonds. The van der Waals surface area contributed by atoms with Crippen LogP contribution in [0.2, 0.25) is 10.0 Å². The molecular formula is C22H25Cl2N3O3. The maximum Gasteiger partial charge on any atom is 0.326 e. The van der Waals surface area contributed by atoms with Gasteiger partial charge in [0.25, 0.3) is 0 Å². The van der Waals surface area contributed by atoms with Crippen molar-refractivity contribution in [2.45, 2.75) is 44.2 Å². The average Bonchev–Trinajstić information content (AvgIpc) is 2.68. The fourth-order valence-corrected chi connectivity index (χ4v) is 4.31. The Hall–Kier alpha value is -2.28. The Morgan fingerprint density at radius 2 is 1.83 bits per heavy atom. The van der Waals surface area contributed by atoms with Gasteiger partial charge in [0.1, 0.15) is 6.04 Å². The lowest BCUT2D eigenvalue weighted by atomic mass is 9.92. The van der Waals surface area contributed by atoms with Gasteiger partial charge in [-0.1, -0.05) is 47.5 Å². The lowest BCUT2D eigenvalue weighted by Gasteiger charge is -2.32. The SMILES string of the molecule is NCCCCc1ccc(CC(=O)NC2CC(C(=O)O)Nc3cc(Cl)cc(Cl)c32)cc1. The van der Waals surface area contributed by atoms with Crippen molar-refractivity contribution in [1.29, 1.82) is 0 Å². The summed E-state index contributed by atoms with van der Waals surface area (Å²) in [7, 11) is 0. The number of aliphatic carboxylic acids is 1. The molecule has 0 aliphatic carbocycles. The molecule has 0 saturated carbocycles. The van der Waals surface area contributed by atoms with E-state index in [1.54, 1.807) is 12.1 Å². The summed E-state index contributed by atoms with van der Waals surface area (Å²) in [6.07, 6.45) is 3.39. The Labute approximate surface area is 185 Å². The third-order valence-electron chi connectivity index (χ3n) is 5.18. The molecule has 2 aromatic carbocycles. The minimum absolute atomic E-state index is 0.190. The number of benzene rings is 2. The zero-order chi connectivity index (χ0) is 21.7. The van der Waals surface area contributed by atoms with Crippen LogP contribution in [0.15, 0.2) is 36.4 Å². The lowest BCUT2D eigenvalue weighted by Crippen LogP contribution is -2.41. The van der Waals surface area contributed by atoms with Gasteiger partial charge in [0.15, 0.2) is 0 Å². The number of hydrogen-bond donors (Lipinski definition) is 4. The number of hydrogen-bond acceptors (Lipinski definition) is 4. The highest BCUT2D eigenvalue weighted by molar-refractivity contribution is 6.35. The molecule has 3 rings (SSSR count). The first-order valence-electron chi connectivity index (χ1n) is 9.93. The van der Waals surface area contributed by atoms with Crippen LogP contribution < -0.4 is 16.4 Å². The monoisotopic (exact) mass is 449 g/mol. The Balaban J connectivity index is 1.69. The predicted octanol–water partition coefficient (Wildman–Crippen LogP) is 3.94. The van der Waals surface area contributed by atoms with Crippen LogP contribution >= 0.6 is 23.2 Å². The van der Waals surface area contributed by atoms with Crippen LogP contribution in [0.3, 0.4) is 0 Å². The summed E-state index contributed by atoms with van der Waals surface area (Å²) >= 11 is 12.4. The molecule has 0 bridgehead atoms. The van der Waals surface area contributed by atoms with Crippen molar-refractivity contribution in [3.8, 4) is 0 Å². The molecular weight excluding hydrogens is 425 g/mol. The van der Waals surface area contributed by atoms with E-state index in [2.05, 4.69) is 10.6 Å². The molecule has 1 aliphatic heterocycles. The summed E-state index contributed by atoms with van der Waals surface area (Å²) in [5.41, 5.74) is 8.81. The number of anilines is 1. The van der Waals surface area contributed by atoms with Crippen LogP contribution in [0.25, 0.3) is 0 Å². The van der Waals surface area contributed by atoms with Crippen molar-refractivity contribution in [1.82, 2.24) is 5.32 Å². The van der Waals surface area contributed by atoms with Gasteiger partial charge in [-0.3, -0.25) is 4.79 Å². The van der Waals surface area contributed by atoms with Crippen molar-refractivity contribution in [3.63, 3.8) is 0 Å². The van der Waals surface area contributed by atoms with Crippen molar-refractivity contribution in [3.05, 3.63) is 63.1 Å². The molecule has 8 heteroatoms. The molecule has 6 nitrogen and oxygen atoms in total. The van der Waals surface area contributed by atoms with E-state index in [1.165, 1.54) is 5.56 Å². The summed E-state index contributed by atoms with van der Waals surface area (Å²) in [6, 6.07) is 9.80. The molecule has 160 valence electrons. The van der Waals surface area contributed by atoms with Crippen molar-refractivity contribution in [2.24, 2.45) is 5.73 Å². The molecule has 0 aromatic heterocycles. The number of aryl methyl sites for hydroxylation is 1. The van der Waals surface area contributed by atoms with Gasteiger partial charge >= 0.3 is 5.97 Å². The highest BCUT2D eigenvalue weighted by atomic mass is 35.5. The normalized spacial score (nSPS) is 17.7. The number of fused-ring (bicyclic) bond motifs is 1.